The Hall–Kier alpha value is -3.24. The lowest BCUT2D eigenvalue weighted by atomic mass is 10.1. The van der Waals surface area contributed by atoms with Crippen LogP contribution in [0.2, 0.25) is 0 Å². The Morgan fingerprint density at radius 2 is 1.73 bits per heavy atom. The van der Waals surface area contributed by atoms with Crippen molar-refractivity contribution in [1.29, 1.82) is 0 Å². The quantitative estimate of drug-likeness (QED) is 0.473. The van der Waals surface area contributed by atoms with Crippen molar-refractivity contribution in [2.24, 2.45) is 0 Å². The second-order valence-electron chi connectivity index (χ2n) is 8.12. The summed E-state index contributed by atoms with van der Waals surface area (Å²) in [5.74, 6) is -1.76. The van der Waals surface area contributed by atoms with Gasteiger partial charge in [0, 0.05) is 25.2 Å². The molecule has 10 heteroatoms. The van der Waals surface area contributed by atoms with Crippen molar-refractivity contribution >= 4 is 33.4 Å². The summed E-state index contributed by atoms with van der Waals surface area (Å²) in [7, 11) is -3.73. The first-order chi connectivity index (χ1) is 15.7. The number of phenols is 1. The predicted molar refractivity (Wildman–Crippen MR) is 121 cm³/mol. The molecule has 4 rings (SSSR count). The number of rotatable bonds is 7. The minimum atomic E-state index is -3.73. The molecule has 3 amide bonds. The molecule has 0 aliphatic carbocycles. The van der Waals surface area contributed by atoms with Crippen molar-refractivity contribution in [1.82, 2.24) is 9.21 Å². The van der Waals surface area contributed by atoms with Crippen LogP contribution in [0.1, 0.15) is 63.7 Å². The van der Waals surface area contributed by atoms with Gasteiger partial charge >= 0.3 is 0 Å². The summed E-state index contributed by atoms with van der Waals surface area (Å²) in [6, 6.07) is 7.93. The van der Waals surface area contributed by atoms with Crippen LogP contribution < -0.4 is 5.32 Å². The van der Waals surface area contributed by atoms with E-state index in [1.165, 1.54) is 45.6 Å². The van der Waals surface area contributed by atoms with E-state index in [0.717, 1.165) is 19.3 Å². The normalized spacial score (nSPS) is 16.3. The van der Waals surface area contributed by atoms with Gasteiger partial charge in [0.15, 0.2) is 0 Å². The average molecular weight is 472 g/mol. The van der Waals surface area contributed by atoms with Gasteiger partial charge in [0.05, 0.1) is 21.7 Å². The number of carbonyl (C=O) groups excluding carboxylic acids is 3. The Morgan fingerprint density at radius 3 is 2.42 bits per heavy atom. The van der Waals surface area contributed by atoms with Gasteiger partial charge in [-0.1, -0.05) is 13.3 Å². The number of sulfonamides is 1. The smallest absolute Gasteiger partial charge is 0.261 e. The van der Waals surface area contributed by atoms with Crippen LogP contribution >= 0.6 is 0 Å². The van der Waals surface area contributed by atoms with Crippen LogP contribution in [0, 0.1) is 0 Å². The van der Waals surface area contributed by atoms with Crippen molar-refractivity contribution in [2.45, 2.75) is 37.5 Å². The first kappa shape index (κ1) is 22.9. The summed E-state index contributed by atoms with van der Waals surface area (Å²) in [6.45, 7) is 3.14. The lowest BCUT2D eigenvalue weighted by Gasteiger charge is -2.16. The van der Waals surface area contributed by atoms with E-state index in [1.807, 2.05) is 6.92 Å². The Morgan fingerprint density at radius 1 is 1.03 bits per heavy atom. The molecule has 2 aromatic rings. The van der Waals surface area contributed by atoms with Crippen LogP contribution in [0.4, 0.5) is 5.69 Å². The van der Waals surface area contributed by atoms with Crippen molar-refractivity contribution in [3.8, 4) is 5.75 Å². The molecule has 1 fully saturated rings. The summed E-state index contributed by atoms with van der Waals surface area (Å²) < 4.78 is 27.0. The summed E-state index contributed by atoms with van der Waals surface area (Å²) in [5, 5.41) is 12.7. The molecule has 2 heterocycles. The number of aromatic hydroxyl groups is 1. The number of amides is 3. The molecule has 1 saturated heterocycles. The summed E-state index contributed by atoms with van der Waals surface area (Å²) in [6.07, 6.45) is 3.10. The van der Waals surface area contributed by atoms with E-state index >= 15 is 0 Å². The summed E-state index contributed by atoms with van der Waals surface area (Å²) in [5.41, 5.74) is 0.444. The Kier molecular flexibility index (Phi) is 6.22. The van der Waals surface area contributed by atoms with Gasteiger partial charge in [0.1, 0.15) is 5.75 Å². The van der Waals surface area contributed by atoms with Crippen LogP contribution in [0.15, 0.2) is 41.3 Å². The molecule has 2 aromatic carbocycles. The Bertz CT molecular complexity index is 1230. The number of imide groups is 1. The molecule has 9 nitrogen and oxygen atoms in total. The van der Waals surface area contributed by atoms with Crippen molar-refractivity contribution in [3.05, 3.63) is 53.1 Å². The number of anilines is 1. The fraction of sp³-hybridized carbons (Fsp3) is 0.348. The number of phenolic OH excluding ortho intramolecular Hbond substituents is 1. The second kappa shape index (κ2) is 8.95. The fourth-order valence-electron chi connectivity index (χ4n) is 4.00. The molecule has 174 valence electrons. The molecule has 2 aliphatic rings. The van der Waals surface area contributed by atoms with E-state index in [0.29, 0.717) is 26.1 Å². The maximum Gasteiger partial charge on any atom is 0.261 e. The van der Waals surface area contributed by atoms with Gasteiger partial charge in [-0.25, -0.2) is 8.42 Å². The van der Waals surface area contributed by atoms with Gasteiger partial charge in [-0.15, -0.1) is 0 Å². The first-order valence-electron chi connectivity index (χ1n) is 10.9. The zero-order chi connectivity index (χ0) is 23.8. The van der Waals surface area contributed by atoms with Crippen molar-refractivity contribution in [3.63, 3.8) is 0 Å². The second-order valence-corrected chi connectivity index (χ2v) is 10.1. The molecule has 33 heavy (non-hydrogen) atoms. The highest BCUT2D eigenvalue weighted by molar-refractivity contribution is 7.89. The highest BCUT2D eigenvalue weighted by Crippen LogP contribution is 2.30. The lowest BCUT2D eigenvalue weighted by molar-refractivity contribution is 0.0652. The fourth-order valence-corrected chi connectivity index (χ4v) is 5.54. The lowest BCUT2D eigenvalue weighted by Crippen LogP contribution is -2.30. The number of nitrogens with zero attached hydrogens (tertiary/aromatic N) is 2. The molecule has 0 bridgehead atoms. The Labute approximate surface area is 192 Å². The largest absolute Gasteiger partial charge is 0.506 e. The molecule has 0 unspecified atom stereocenters. The Balaban J connectivity index is 1.57. The van der Waals surface area contributed by atoms with E-state index in [2.05, 4.69) is 5.32 Å². The zero-order valence-corrected chi connectivity index (χ0v) is 19.0. The third-order valence-corrected chi connectivity index (χ3v) is 7.78. The molecular weight excluding hydrogens is 446 g/mol. The van der Waals surface area contributed by atoms with E-state index in [-0.39, 0.29) is 38.9 Å². The SMILES string of the molecule is CCCCN1C(=O)c2ccc(C(=O)Nc3cc(S(=O)(=O)N4CCCC4)ccc3O)cc2C1=O. The molecular formula is C23H25N3O6S. The molecule has 0 saturated carbocycles. The maximum absolute atomic E-state index is 12.8. The van der Waals surface area contributed by atoms with Crippen LogP contribution in [0.25, 0.3) is 0 Å². The third kappa shape index (κ3) is 4.23. The maximum atomic E-state index is 12.8. The number of nitrogens with one attached hydrogen (secondary N) is 1. The minimum absolute atomic E-state index is 0.0289. The van der Waals surface area contributed by atoms with Gasteiger partial charge in [-0.05, 0) is 55.7 Å². The van der Waals surface area contributed by atoms with Crippen molar-refractivity contribution < 1.29 is 27.9 Å². The van der Waals surface area contributed by atoms with Gasteiger partial charge in [-0.3, -0.25) is 19.3 Å². The van der Waals surface area contributed by atoms with Crippen LogP contribution in [0.5, 0.6) is 5.75 Å². The monoisotopic (exact) mass is 471 g/mol. The third-order valence-electron chi connectivity index (χ3n) is 5.89. The van der Waals surface area contributed by atoms with E-state index < -0.39 is 21.8 Å². The van der Waals surface area contributed by atoms with E-state index in [4.69, 9.17) is 0 Å². The topological polar surface area (TPSA) is 124 Å². The van der Waals surface area contributed by atoms with Gasteiger partial charge in [0.25, 0.3) is 17.7 Å². The number of hydrogen-bond donors (Lipinski definition) is 2. The van der Waals surface area contributed by atoms with E-state index in [1.54, 1.807) is 0 Å². The van der Waals surface area contributed by atoms with E-state index in [9.17, 15) is 27.9 Å². The van der Waals surface area contributed by atoms with Gasteiger partial charge < -0.3 is 10.4 Å². The molecule has 0 radical (unpaired) electrons. The van der Waals surface area contributed by atoms with Crippen LogP contribution in [-0.2, 0) is 10.0 Å². The predicted octanol–water partition coefficient (Wildman–Crippen LogP) is 2.83. The number of benzene rings is 2. The average Bonchev–Trinajstić information content (AvgIpc) is 3.42. The molecule has 0 aromatic heterocycles. The minimum Gasteiger partial charge on any atom is -0.506 e. The standard InChI is InChI=1S/C23H25N3O6S/c1-2-3-12-26-22(29)17-8-6-15(13-18(17)23(26)30)21(28)24-19-14-16(7-9-20(19)27)33(31,32)25-10-4-5-11-25/h6-9,13-14,27H,2-5,10-12H2,1H3,(H,24,28). The number of hydrogen-bond acceptors (Lipinski definition) is 6. The van der Waals surface area contributed by atoms with Crippen molar-refractivity contribution in [2.75, 3.05) is 25.0 Å². The molecule has 2 N–H and O–H groups in total. The number of fused-ring (bicyclic) bond motifs is 1. The van der Waals surface area contributed by atoms with Crippen LogP contribution in [0.3, 0.4) is 0 Å². The zero-order valence-electron chi connectivity index (χ0n) is 18.2. The highest BCUT2D eigenvalue weighted by atomic mass is 32.2. The molecule has 2 aliphatic heterocycles. The highest BCUT2D eigenvalue weighted by Gasteiger charge is 2.35. The first-order valence-corrected chi connectivity index (χ1v) is 12.3. The number of carbonyl (C=O) groups is 3. The molecule has 0 spiro atoms. The van der Waals surface area contributed by atoms with Crippen LogP contribution in [-0.4, -0.2) is 60.1 Å². The summed E-state index contributed by atoms with van der Waals surface area (Å²) in [4.78, 5) is 39.1. The van der Waals surface area contributed by atoms with Gasteiger partial charge in [-0.2, -0.15) is 4.31 Å². The molecule has 0 atom stereocenters. The summed E-state index contributed by atoms with van der Waals surface area (Å²) >= 11 is 0. The van der Waals surface area contributed by atoms with Gasteiger partial charge in [0.2, 0.25) is 10.0 Å². The number of unbranched alkanes of at least 4 members (excludes halogenated alkanes) is 1.